The molecule has 0 amide bonds. The van der Waals surface area contributed by atoms with Gasteiger partial charge in [0.25, 0.3) is 0 Å². The number of methoxy groups -OCH3 is 1. The third-order valence-electron chi connectivity index (χ3n) is 4.06. The molecule has 2 aromatic carbocycles. The first-order valence-corrected chi connectivity index (χ1v) is 8.03. The lowest BCUT2D eigenvalue weighted by Crippen LogP contribution is -2.03. The number of halogens is 1. The molecule has 0 saturated heterocycles. The number of nitrogen functional groups attached to an aromatic ring is 1. The van der Waals surface area contributed by atoms with Crippen molar-refractivity contribution in [1.82, 2.24) is 4.98 Å². The molecule has 0 radical (unpaired) electrons. The summed E-state index contributed by atoms with van der Waals surface area (Å²) in [5.41, 5.74) is 10.5. The fraction of sp³-hybridized carbons (Fsp3) is 0.100. The van der Waals surface area contributed by atoms with E-state index in [1.54, 1.807) is 13.2 Å². The smallest absolute Gasteiger partial charge is 0.142 e. The van der Waals surface area contributed by atoms with Crippen LogP contribution in [0, 0.1) is 18.3 Å². The first kappa shape index (κ1) is 16.8. The summed E-state index contributed by atoms with van der Waals surface area (Å²) in [6.07, 6.45) is 0. The zero-order chi connectivity index (χ0) is 18.0. The molecule has 0 fully saturated rings. The zero-order valence-corrected chi connectivity index (χ0v) is 14.6. The number of benzene rings is 2. The summed E-state index contributed by atoms with van der Waals surface area (Å²) in [7, 11) is 1.62. The molecular weight excluding hydrogens is 334 g/mol. The highest BCUT2D eigenvalue weighted by atomic mass is 35.5. The molecule has 2 N–H and O–H groups in total. The molecular formula is C20H16ClN3O. The molecule has 0 atom stereocenters. The Kier molecular flexibility index (Phi) is 4.60. The Labute approximate surface area is 151 Å². The van der Waals surface area contributed by atoms with Gasteiger partial charge in [-0.05, 0) is 54.4 Å². The van der Waals surface area contributed by atoms with Crippen LogP contribution in [0.15, 0.2) is 48.5 Å². The SMILES string of the molecule is COc1ccc(-c2nc(N)c(C#N)c(-c3cccc(Cl)c3)c2C)cc1. The summed E-state index contributed by atoms with van der Waals surface area (Å²) in [5, 5.41) is 10.2. The first-order valence-electron chi connectivity index (χ1n) is 7.65. The molecule has 0 aliphatic carbocycles. The van der Waals surface area contributed by atoms with Gasteiger partial charge in [0.2, 0.25) is 0 Å². The average Bonchev–Trinajstić information content (AvgIpc) is 2.63. The highest BCUT2D eigenvalue weighted by Gasteiger charge is 2.18. The second-order valence-electron chi connectivity index (χ2n) is 5.57. The predicted octanol–water partition coefficient (Wildman–Crippen LogP) is 4.84. The van der Waals surface area contributed by atoms with Crippen molar-refractivity contribution in [2.75, 3.05) is 12.8 Å². The van der Waals surface area contributed by atoms with Crippen LogP contribution in [-0.4, -0.2) is 12.1 Å². The van der Waals surface area contributed by atoms with Crippen LogP contribution in [0.4, 0.5) is 5.82 Å². The first-order chi connectivity index (χ1) is 12.0. The Balaban J connectivity index is 2.27. The van der Waals surface area contributed by atoms with E-state index in [1.807, 2.05) is 49.4 Å². The highest BCUT2D eigenvalue weighted by Crippen LogP contribution is 2.36. The second kappa shape index (κ2) is 6.84. The normalized spacial score (nSPS) is 10.3. The molecule has 0 aliphatic heterocycles. The number of ether oxygens (including phenoxy) is 1. The minimum absolute atomic E-state index is 0.203. The molecule has 25 heavy (non-hydrogen) atoms. The van der Waals surface area contributed by atoms with E-state index in [-0.39, 0.29) is 5.82 Å². The maximum Gasteiger partial charge on any atom is 0.142 e. The van der Waals surface area contributed by atoms with Crippen LogP contribution < -0.4 is 10.5 Å². The van der Waals surface area contributed by atoms with Gasteiger partial charge in [-0.3, -0.25) is 0 Å². The maximum atomic E-state index is 9.56. The summed E-state index contributed by atoms with van der Waals surface area (Å²) in [5.74, 6) is 0.965. The Hall–Kier alpha value is -3.03. The van der Waals surface area contributed by atoms with E-state index in [1.165, 1.54) is 0 Å². The van der Waals surface area contributed by atoms with Crippen molar-refractivity contribution in [2.45, 2.75) is 6.92 Å². The van der Waals surface area contributed by atoms with E-state index in [9.17, 15) is 5.26 Å². The highest BCUT2D eigenvalue weighted by molar-refractivity contribution is 6.30. The number of nitrogens with two attached hydrogens (primary N) is 1. The second-order valence-corrected chi connectivity index (χ2v) is 6.01. The van der Waals surface area contributed by atoms with E-state index >= 15 is 0 Å². The molecule has 0 spiro atoms. The van der Waals surface area contributed by atoms with Crippen molar-refractivity contribution in [3.05, 3.63) is 64.7 Å². The van der Waals surface area contributed by atoms with Crippen LogP contribution in [0.5, 0.6) is 5.75 Å². The Morgan fingerprint density at radius 1 is 1.12 bits per heavy atom. The fourth-order valence-electron chi connectivity index (χ4n) is 2.84. The molecule has 1 aromatic heterocycles. The fourth-order valence-corrected chi connectivity index (χ4v) is 3.03. The molecule has 0 bridgehead atoms. The van der Waals surface area contributed by atoms with Crippen LogP contribution in [0.25, 0.3) is 22.4 Å². The largest absolute Gasteiger partial charge is 0.497 e. The topological polar surface area (TPSA) is 71.9 Å². The summed E-state index contributed by atoms with van der Waals surface area (Å²) in [6.45, 7) is 1.93. The third-order valence-corrected chi connectivity index (χ3v) is 4.29. The molecule has 3 aromatic rings. The van der Waals surface area contributed by atoms with Gasteiger partial charge in [-0.1, -0.05) is 23.7 Å². The van der Waals surface area contributed by atoms with Crippen molar-refractivity contribution in [3.8, 4) is 34.2 Å². The summed E-state index contributed by atoms with van der Waals surface area (Å²) in [4.78, 5) is 4.46. The molecule has 4 nitrogen and oxygen atoms in total. The molecule has 124 valence electrons. The van der Waals surface area contributed by atoms with Crippen molar-refractivity contribution in [1.29, 1.82) is 5.26 Å². The summed E-state index contributed by atoms with van der Waals surface area (Å²) in [6, 6.07) is 17.1. The van der Waals surface area contributed by atoms with Crippen LogP contribution in [0.2, 0.25) is 5.02 Å². The van der Waals surface area contributed by atoms with Crippen molar-refractivity contribution >= 4 is 17.4 Å². The van der Waals surface area contributed by atoms with E-state index in [4.69, 9.17) is 22.1 Å². The minimum Gasteiger partial charge on any atom is -0.497 e. The predicted molar refractivity (Wildman–Crippen MR) is 101 cm³/mol. The number of nitriles is 1. The number of anilines is 1. The summed E-state index contributed by atoms with van der Waals surface area (Å²) >= 11 is 6.13. The minimum atomic E-state index is 0.203. The lowest BCUT2D eigenvalue weighted by molar-refractivity contribution is 0.415. The number of pyridine rings is 1. The number of nitrogens with zero attached hydrogens (tertiary/aromatic N) is 2. The molecule has 0 unspecified atom stereocenters. The van der Waals surface area contributed by atoms with Gasteiger partial charge in [0.05, 0.1) is 12.8 Å². The number of hydrogen-bond acceptors (Lipinski definition) is 4. The molecule has 0 saturated carbocycles. The van der Waals surface area contributed by atoms with Crippen molar-refractivity contribution in [3.63, 3.8) is 0 Å². The Morgan fingerprint density at radius 2 is 1.84 bits per heavy atom. The van der Waals surface area contributed by atoms with Gasteiger partial charge < -0.3 is 10.5 Å². The number of hydrogen-bond donors (Lipinski definition) is 1. The Bertz CT molecular complexity index is 975. The molecule has 1 heterocycles. The van der Waals surface area contributed by atoms with E-state index in [2.05, 4.69) is 11.1 Å². The number of rotatable bonds is 3. The zero-order valence-electron chi connectivity index (χ0n) is 13.9. The quantitative estimate of drug-likeness (QED) is 0.734. The van der Waals surface area contributed by atoms with Gasteiger partial charge in [-0.15, -0.1) is 0 Å². The maximum absolute atomic E-state index is 9.56. The summed E-state index contributed by atoms with van der Waals surface area (Å²) < 4.78 is 5.20. The van der Waals surface area contributed by atoms with E-state index in [0.29, 0.717) is 10.6 Å². The lowest BCUT2D eigenvalue weighted by atomic mass is 9.93. The van der Waals surface area contributed by atoms with Crippen molar-refractivity contribution in [2.24, 2.45) is 0 Å². The van der Waals surface area contributed by atoms with Gasteiger partial charge >= 0.3 is 0 Å². The lowest BCUT2D eigenvalue weighted by Gasteiger charge is -2.15. The standard InChI is InChI=1S/C20H16ClN3O/c1-12-18(14-4-3-5-15(21)10-14)17(11-22)20(23)24-19(12)13-6-8-16(25-2)9-7-13/h3-10H,1-2H3,(H2,23,24). The molecule has 0 aliphatic rings. The van der Waals surface area contributed by atoms with Crippen LogP contribution in [0.1, 0.15) is 11.1 Å². The third kappa shape index (κ3) is 3.15. The van der Waals surface area contributed by atoms with Crippen molar-refractivity contribution < 1.29 is 4.74 Å². The number of aromatic nitrogens is 1. The van der Waals surface area contributed by atoms with Crippen LogP contribution >= 0.6 is 11.6 Å². The van der Waals surface area contributed by atoms with Gasteiger partial charge in [0.15, 0.2) is 0 Å². The molecule has 3 rings (SSSR count). The average molecular weight is 350 g/mol. The monoisotopic (exact) mass is 349 g/mol. The van der Waals surface area contributed by atoms with Gasteiger partial charge in [0, 0.05) is 16.1 Å². The van der Waals surface area contributed by atoms with E-state index in [0.717, 1.165) is 33.7 Å². The Morgan fingerprint density at radius 3 is 2.44 bits per heavy atom. The van der Waals surface area contributed by atoms with Gasteiger partial charge in [0.1, 0.15) is 23.2 Å². The van der Waals surface area contributed by atoms with E-state index < -0.39 is 0 Å². The molecule has 5 heteroatoms. The van der Waals surface area contributed by atoms with Crippen LogP contribution in [-0.2, 0) is 0 Å². The van der Waals surface area contributed by atoms with Crippen LogP contribution in [0.3, 0.4) is 0 Å². The van der Waals surface area contributed by atoms with Gasteiger partial charge in [-0.2, -0.15) is 5.26 Å². The van der Waals surface area contributed by atoms with Gasteiger partial charge in [-0.25, -0.2) is 4.98 Å².